The number of alkyl halides is 2. The van der Waals surface area contributed by atoms with Gasteiger partial charge < -0.3 is 0 Å². The molecule has 0 unspecified atom stereocenters. The number of nitrogens with zero attached hydrogens (tertiary/aromatic N) is 1. The first-order valence-electron chi connectivity index (χ1n) is 1.86. The fraction of sp³-hybridized carbons (Fsp3) is 0.667. The van der Waals surface area contributed by atoms with Gasteiger partial charge in [-0.3, -0.25) is 0 Å². The summed E-state index contributed by atoms with van der Waals surface area (Å²) in [6.45, 7) is 0. The molecule has 0 saturated heterocycles. The number of thioether (sulfide) groups is 1. The standard InChI is InChI=1S/C3H2F3NS/c4-2-7-3(5,6)1-8-2/h1H2. The van der Waals surface area contributed by atoms with Crippen LogP contribution in [0.1, 0.15) is 0 Å². The molecule has 5 heteroatoms. The molecule has 1 heterocycles. The molecule has 0 radical (unpaired) electrons. The third-order valence-corrected chi connectivity index (χ3v) is 1.44. The number of hydrogen-bond acceptors (Lipinski definition) is 2. The molecule has 0 spiro atoms. The Bertz CT molecular complexity index is 132. The van der Waals surface area contributed by atoms with Gasteiger partial charge in [0.05, 0.1) is 5.75 Å². The van der Waals surface area contributed by atoms with Crippen molar-refractivity contribution < 1.29 is 13.2 Å². The van der Waals surface area contributed by atoms with E-state index >= 15 is 0 Å². The molecule has 8 heavy (non-hydrogen) atoms. The van der Waals surface area contributed by atoms with Gasteiger partial charge in [0.1, 0.15) is 0 Å². The van der Waals surface area contributed by atoms with Gasteiger partial charge >= 0.3 is 6.05 Å². The van der Waals surface area contributed by atoms with E-state index in [4.69, 9.17) is 0 Å². The van der Waals surface area contributed by atoms with Crippen molar-refractivity contribution >= 4 is 17.1 Å². The van der Waals surface area contributed by atoms with Crippen LogP contribution in [0, 0.1) is 0 Å². The molecule has 0 N–H and O–H groups in total. The van der Waals surface area contributed by atoms with E-state index in [1.807, 2.05) is 0 Å². The van der Waals surface area contributed by atoms with Crippen LogP contribution in [0.15, 0.2) is 4.99 Å². The van der Waals surface area contributed by atoms with Gasteiger partial charge in [-0.15, -0.1) is 0 Å². The Balaban J connectivity index is 2.67. The fourth-order valence-corrected chi connectivity index (χ4v) is 0.895. The van der Waals surface area contributed by atoms with E-state index in [9.17, 15) is 13.2 Å². The van der Waals surface area contributed by atoms with Crippen molar-refractivity contribution in [2.45, 2.75) is 6.05 Å². The quantitative estimate of drug-likeness (QED) is 0.467. The third kappa shape index (κ3) is 1.15. The van der Waals surface area contributed by atoms with E-state index in [1.165, 1.54) is 0 Å². The Labute approximate surface area is 48.0 Å². The van der Waals surface area contributed by atoms with Gasteiger partial charge in [-0.1, -0.05) is 11.8 Å². The minimum absolute atomic E-state index is 0.437. The molecule has 0 fully saturated rings. The molecule has 46 valence electrons. The van der Waals surface area contributed by atoms with Crippen molar-refractivity contribution in [3.8, 4) is 0 Å². The first-order valence-corrected chi connectivity index (χ1v) is 2.85. The lowest BCUT2D eigenvalue weighted by atomic mass is 10.7. The number of rotatable bonds is 0. The third-order valence-electron chi connectivity index (χ3n) is 0.616. The van der Waals surface area contributed by atoms with Crippen LogP contribution in [-0.4, -0.2) is 17.1 Å². The summed E-state index contributed by atoms with van der Waals surface area (Å²) in [5.41, 5.74) is 0. The highest BCUT2D eigenvalue weighted by molar-refractivity contribution is 8.13. The molecule has 1 aliphatic rings. The lowest BCUT2D eigenvalue weighted by Gasteiger charge is -1.97. The van der Waals surface area contributed by atoms with Crippen molar-refractivity contribution in [2.24, 2.45) is 4.99 Å². The van der Waals surface area contributed by atoms with Crippen LogP contribution in [0.4, 0.5) is 13.2 Å². The first-order chi connectivity index (χ1) is 3.60. The smallest absolute Gasteiger partial charge is 0.181 e. The van der Waals surface area contributed by atoms with Crippen molar-refractivity contribution in [3.05, 3.63) is 0 Å². The van der Waals surface area contributed by atoms with Gasteiger partial charge in [-0.25, -0.2) is 0 Å². The topological polar surface area (TPSA) is 12.4 Å². The van der Waals surface area contributed by atoms with Crippen molar-refractivity contribution in [1.29, 1.82) is 0 Å². The molecular weight excluding hydrogens is 139 g/mol. The van der Waals surface area contributed by atoms with Crippen LogP contribution in [0.3, 0.4) is 0 Å². The molecular formula is C3H2F3NS. The summed E-state index contributed by atoms with van der Waals surface area (Å²) < 4.78 is 35.1. The lowest BCUT2D eigenvalue weighted by Crippen LogP contribution is -2.10. The summed E-state index contributed by atoms with van der Waals surface area (Å²) in [6, 6.07) is -3.16. The van der Waals surface area contributed by atoms with Crippen LogP contribution >= 0.6 is 11.8 Å². The molecule has 0 atom stereocenters. The fourth-order valence-electron chi connectivity index (χ4n) is 0.340. The first kappa shape index (κ1) is 5.94. The highest BCUT2D eigenvalue weighted by Gasteiger charge is 2.35. The van der Waals surface area contributed by atoms with Crippen molar-refractivity contribution in [3.63, 3.8) is 0 Å². The van der Waals surface area contributed by atoms with Gasteiger partial charge in [0, 0.05) is 0 Å². The van der Waals surface area contributed by atoms with Crippen molar-refractivity contribution in [2.75, 3.05) is 5.75 Å². The van der Waals surface area contributed by atoms with Gasteiger partial charge in [0.2, 0.25) is 5.30 Å². The zero-order valence-electron chi connectivity index (χ0n) is 3.70. The molecule has 0 amide bonds. The summed E-state index contributed by atoms with van der Waals surface area (Å²) in [6.07, 6.45) is 0. The lowest BCUT2D eigenvalue weighted by molar-refractivity contribution is 0.0403. The Morgan fingerprint density at radius 3 is 2.38 bits per heavy atom. The van der Waals surface area contributed by atoms with Gasteiger partial charge in [0.15, 0.2) is 0 Å². The molecule has 0 aromatic rings. The summed E-state index contributed by atoms with van der Waals surface area (Å²) in [4.78, 5) is 2.40. The van der Waals surface area contributed by atoms with E-state index < -0.39 is 17.1 Å². The average molecular weight is 141 g/mol. The summed E-state index contributed by atoms with van der Waals surface area (Å²) >= 11 is 0.437. The maximum atomic E-state index is 11.7. The normalized spacial score (nSPS) is 25.6. The monoisotopic (exact) mass is 141 g/mol. The van der Waals surface area contributed by atoms with Gasteiger partial charge in [0.25, 0.3) is 0 Å². The average Bonchev–Trinajstić information content (AvgIpc) is 1.82. The number of aliphatic imine (C=N–C) groups is 1. The van der Waals surface area contributed by atoms with Crippen LogP contribution in [-0.2, 0) is 0 Å². The van der Waals surface area contributed by atoms with Crippen molar-refractivity contribution in [1.82, 2.24) is 0 Å². The maximum absolute atomic E-state index is 11.7. The summed E-state index contributed by atoms with van der Waals surface area (Å²) in [7, 11) is 0. The van der Waals surface area contributed by atoms with Gasteiger partial charge in [-0.05, 0) is 0 Å². The zero-order valence-corrected chi connectivity index (χ0v) is 4.51. The highest BCUT2D eigenvalue weighted by Crippen LogP contribution is 2.30. The van der Waals surface area contributed by atoms with E-state index in [1.54, 1.807) is 0 Å². The Morgan fingerprint density at radius 2 is 2.25 bits per heavy atom. The van der Waals surface area contributed by atoms with Crippen LogP contribution in [0.25, 0.3) is 0 Å². The van der Waals surface area contributed by atoms with Crippen LogP contribution in [0.2, 0.25) is 0 Å². The van der Waals surface area contributed by atoms with E-state index in [0.717, 1.165) is 0 Å². The van der Waals surface area contributed by atoms with E-state index in [2.05, 4.69) is 4.99 Å². The highest BCUT2D eigenvalue weighted by atomic mass is 32.2. The summed E-state index contributed by atoms with van der Waals surface area (Å²) in [5.74, 6) is -0.557. The predicted octanol–water partition coefficient (Wildman–Crippen LogP) is 1.65. The molecule has 0 bridgehead atoms. The number of hydrogen-bond donors (Lipinski definition) is 0. The minimum Gasteiger partial charge on any atom is -0.181 e. The van der Waals surface area contributed by atoms with Crippen LogP contribution < -0.4 is 0 Å². The number of halogens is 3. The van der Waals surface area contributed by atoms with E-state index in [-0.39, 0.29) is 0 Å². The Hall–Kier alpha value is -0.190. The molecule has 1 rings (SSSR count). The molecule has 0 saturated carbocycles. The second-order valence-electron chi connectivity index (χ2n) is 1.32. The molecule has 0 aromatic carbocycles. The minimum atomic E-state index is -3.16. The van der Waals surface area contributed by atoms with E-state index in [0.29, 0.717) is 11.8 Å². The molecule has 0 aliphatic carbocycles. The molecule has 1 nitrogen and oxygen atoms in total. The molecule has 0 aromatic heterocycles. The second-order valence-corrected chi connectivity index (χ2v) is 2.23. The molecule has 1 aliphatic heterocycles. The maximum Gasteiger partial charge on any atom is 0.354 e. The Kier molecular flexibility index (Phi) is 1.22. The Morgan fingerprint density at radius 1 is 1.62 bits per heavy atom. The van der Waals surface area contributed by atoms with Gasteiger partial charge in [-0.2, -0.15) is 18.2 Å². The largest absolute Gasteiger partial charge is 0.354 e. The zero-order chi connectivity index (χ0) is 6.20. The van der Waals surface area contributed by atoms with Crippen LogP contribution in [0.5, 0.6) is 0 Å². The SMILES string of the molecule is FC1=NC(F)(F)CS1. The summed E-state index contributed by atoms with van der Waals surface area (Å²) in [5, 5.41) is -1.02. The predicted molar refractivity (Wildman–Crippen MR) is 25.9 cm³/mol. The second kappa shape index (κ2) is 1.65.